The summed E-state index contributed by atoms with van der Waals surface area (Å²) >= 11 is 1.06. The monoisotopic (exact) mass is 385 g/mol. The number of carbonyl (C=O) groups is 2. The number of fused-ring (bicyclic) bond motifs is 1. The van der Waals surface area contributed by atoms with E-state index in [-0.39, 0.29) is 24.6 Å². The summed E-state index contributed by atoms with van der Waals surface area (Å²) in [6.45, 7) is 1.89. The molecule has 0 fully saturated rings. The number of nitrogens with one attached hydrogen (secondary N) is 2. The van der Waals surface area contributed by atoms with Gasteiger partial charge in [0.1, 0.15) is 0 Å². The molecule has 1 unspecified atom stereocenters. The first-order valence-corrected chi connectivity index (χ1v) is 8.48. The molecule has 0 radical (unpaired) electrons. The largest absolute Gasteiger partial charge is 0.416 e. The Labute approximate surface area is 150 Å². The fraction of sp³-hybridized carbons (Fsp3) is 0.312. The van der Waals surface area contributed by atoms with E-state index in [0.29, 0.717) is 16.3 Å². The number of aryl methyl sites for hydroxylation is 1. The van der Waals surface area contributed by atoms with Gasteiger partial charge < -0.3 is 15.2 Å². The first kappa shape index (κ1) is 18.3. The van der Waals surface area contributed by atoms with Crippen LogP contribution in [0.1, 0.15) is 23.4 Å². The zero-order chi connectivity index (χ0) is 18.9. The summed E-state index contributed by atoms with van der Waals surface area (Å²) < 4.78 is 43.2. The average Bonchev–Trinajstić information content (AvgIpc) is 2.98. The number of rotatable bonds is 4. The second-order valence-corrected chi connectivity index (χ2v) is 6.96. The molecule has 138 valence electrons. The smallest absolute Gasteiger partial charge is 0.359 e. The number of hydrogen-bond donors (Lipinski definition) is 2. The third-order valence-electron chi connectivity index (χ3n) is 3.63. The molecule has 0 bridgehead atoms. The minimum absolute atomic E-state index is 0.101. The van der Waals surface area contributed by atoms with E-state index >= 15 is 0 Å². The van der Waals surface area contributed by atoms with Gasteiger partial charge in [0, 0.05) is 17.4 Å². The SMILES string of the molecule is Cc1cc(CNC(=O)CC2Sc3ccc(C(F)(F)F)cc3NC2=O)on1. The average molecular weight is 385 g/mol. The van der Waals surface area contributed by atoms with Gasteiger partial charge in [-0.3, -0.25) is 9.59 Å². The number of carbonyl (C=O) groups excluding carboxylic acids is 2. The molecule has 6 nitrogen and oxygen atoms in total. The highest BCUT2D eigenvalue weighted by molar-refractivity contribution is 8.01. The van der Waals surface area contributed by atoms with Crippen LogP contribution in [0.4, 0.5) is 18.9 Å². The van der Waals surface area contributed by atoms with Crippen LogP contribution >= 0.6 is 11.8 Å². The van der Waals surface area contributed by atoms with E-state index in [1.165, 1.54) is 6.07 Å². The minimum atomic E-state index is -4.49. The van der Waals surface area contributed by atoms with E-state index in [2.05, 4.69) is 15.8 Å². The fourth-order valence-electron chi connectivity index (χ4n) is 2.39. The molecule has 0 saturated carbocycles. The van der Waals surface area contributed by atoms with Gasteiger partial charge in [-0.15, -0.1) is 11.8 Å². The number of anilines is 1. The quantitative estimate of drug-likeness (QED) is 0.845. The maximum absolute atomic E-state index is 12.7. The normalized spacial score (nSPS) is 16.8. The summed E-state index contributed by atoms with van der Waals surface area (Å²) in [6.07, 6.45) is -4.59. The number of benzene rings is 1. The van der Waals surface area contributed by atoms with Crippen LogP contribution in [0.25, 0.3) is 0 Å². The van der Waals surface area contributed by atoms with E-state index in [1.807, 2.05) is 0 Å². The number of aromatic nitrogens is 1. The lowest BCUT2D eigenvalue weighted by atomic mass is 10.1. The van der Waals surface area contributed by atoms with Crippen LogP contribution in [0.15, 0.2) is 33.7 Å². The number of alkyl halides is 3. The van der Waals surface area contributed by atoms with Crippen LogP contribution in [-0.2, 0) is 22.3 Å². The Kier molecular flexibility index (Phi) is 4.94. The van der Waals surface area contributed by atoms with Crippen LogP contribution in [0.5, 0.6) is 0 Å². The second-order valence-electron chi connectivity index (χ2n) is 5.72. The number of halogens is 3. The molecular formula is C16H14F3N3O3S. The van der Waals surface area contributed by atoms with Gasteiger partial charge >= 0.3 is 6.18 Å². The van der Waals surface area contributed by atoms with Crippen molar-refractivity contribution in [1.82, 2.24) is 10.5 Å². The Morgan fingerprint density at radius 2 is 2.15 bits per heavy atom. The van der Waals surface area contributed by atoms with E-state index in [1.54, 1.807) is 13.0 Å². The van der Waals surface area contributed by atoms with Gasteiger partial charge in [-0.05, 0) is 25.1 Å². The third kappa shape index (κ3) is 4.18. The Morgan fingerprint density at radius 3 is 2.81 bits per heavy atom. The highest BCUT2D eigenvalue weighted by atomic mass is 32.2. The molecule has 1 atom stereocenters. The summed E-state index contributed by atoms with van der Waals surface area (Å²) in [5.41, 5.74) is -0.0504. The molecule has 0 spiro atoms. The van der Waals surface area contributed by atoms with Crippen molar-refractivity contribution in [3.05, 3.63) is 41.3 Å². The number of amides is 2. The van der Waals surface area contributed by atoms with Crippen molar-refractivity contribution in [1.29, 1.82) is 0 Å². The van der Waals surface area contributed by atoms with Crippen LogP contribution in [-0.4, -0.2) is 22.2 Å². The molecule has 2 heterocycles. The number of thioether (sulfide) groups is 1. The van der Waals surface area contributed by atoms with Gasteiger partial charge in [0.2, 0.25) is 11.8 Å². The maximum Gasteiger partial charge on any atom is 0.416 e. The fourth-order valence-corrected chi connectivity index (χ4v) is 3.48. The van der Waals surface area contributed by atoms with Crippen LogP contribution in [0, 0.1) is 6.92 Å². The lowest BCUT2D eigenvalue weighted by Crippen LogP contribution is -2.34. The standard InChI is InChI=1S/C16H14F3N3O3S/c1-8-4-10(25-22-8)7-20-14(23)6-13-15(24)21-11-5-9(16(17,18)19)2-3-12(11)26-13/h2-5,13H,6-7H2,1H3,(H,20,23)(H,21,24). The van der Waals surface area contributed by atoms with Crippen molar-refractivity contribution in [2.24, 2.45) is 0 Å². The summed E-state index contributed by atoms with van der Waals surface area (Å²) in [4.78, 5) is 24.6. The highest BCUT2D eigenvalue weighted by Gasteiger charge is 2.34. The Hall–Kier alpha value is -2.49. The first-order chi connectivity index (χ1) is 12.2. The highest BCUT2D eigenvalue weighted by Crippen LogP contribution is 2.40. The summed E-state index contributed by atoms with van der Waals surface area (Å²) in [7, 11) is 0. The van der Waals surface area contributed by atoms with Gasteiger partial charge in [0.25, 0.3) is 0 Å². The topological polar surface area (TPSA) is 84.2 Å². The van der Waals surface area contributed by atoms with Crippen molar-refractivity contribution in [3.8, 4) is 0 Å². The van der Waals surface area contributed by atoms with Crippen LogP contribution < -0.4 is 10.6 Å². The molecule has 1 aromatic heterocycles. The molecular weight excluding hydrogens is 371 g/mol. The number of hydrogen-bond acceptors (Lipinski definition) is 5. The lowest BCUT2D eigenvalue weighted by molar-refractivity contribution is -0.137. The molecule has 0 aliphatic carbocycles. The zero-order valence-electron chi connectivity index (χ0n) is 13.5. The van der Waals surface area contributed by atoms with Gasteiger partial charge in [0.05, 0.1) is 28.7 Å². The Morgan fingerprint density at radius 1 is 1.38 bits per heavy atom. The molecule has 1 aliphatic heterocycles. The first-order valence-electron chi connectivity index (χ1n) is 7.60. The minimum Gasteiger partial charge on any atom is -0.359 e. The summed E-state index contributed by atoms with van der Waals surface area (Å²) in [5.74, 6) is -0.392. The van der Waals surface area contributed by atoms with Crippen molar-refractivity contribution in [3.63, 3.8) is 0 Å². The molecule has 1 aliphatic rings. The van der Waals surface area contributed by atoms with E-state index in [0.717, 1.165) is 23.9 Å². The third-order valence-corrected chi connectivity index (χ3v) is 4.91. The molecule has 1 aromatic carbocycles. The maximum atomic E-state index is 12.7. The lowest BCUT2D eigenvalue weighted by Gasteiger charge is -2.24. The van der Waals surface area contributed by atoms with Gasteiger partial charge in [-0.1, -0.05) is 5.16 Å². The summed E-state index contributed by atoms with van der Waals surface area (Å²) in [6, 6.07) is 4.82. The van der Waals surface area contributed by atoms with Crippen molar-refractivity contribution in [2.75, 3.05) is 5.32 Å². The van der Waals surface area contributed by atoms with Crippen LogP contribution in [0.3, 0.4) is 0 Å². The predicted molar refractivity (Wildman–Crippen MR) is 87.4 cm³/mol. The predicted octanol–water partition coefficient (Wildman–Crippen LogP) is 3.12. The van der Waals surface area contributed by atoms with Crippen molar-refractivity contribution >= 4 is 29.3 Å². The van der Waals surface area contributed by atoms with Crippen molar-refractivity contribution < 1.29 is 27.3 Å². The molecule has 2 aromatic rings. The van der Waals surface area contributed by atoms with E-state index in [9.17, 15) is 22.8 Å². The van der Waals surface area contributed by atoms with Crippen molar-refractivity contribution in [2.45, 2.75) is 36.2 Å². The molecule has 2 N–H and O–H groups in total. The van der Waals surface area contributed by atoms with E-state index in [4.69, 9.17) is 4.52 Å². The second kappa shape index (κ2) is 7.02. The van der Waals surface area contributed by atoms with Gasteiger partial charge in [-0.2, -0.15) is 13.2 Å². The van der Waals surface area contributed by atoms with E-state index < -0.39 is 22.9 Å². The number of nitrogens with zero attached hydrogens (tertiary/aromatic N) is 1. The molecule has 2 amide bonds. The summed E-state index contributed by atoms with van der Waals surface area (Å²) in [5, 5.41) is 8.03. The van der Waals surface area contributed by atoms with Crippen LogP contribution in [0.2, 0.25) is 0 Å². The molecule has 0 saturated heterocycles. The Bertz CT molecular complexity index is 851. The molecule has 26 heavy (non-hydrogen) atoms. The molecule has 10 heteroatoms. The van der Waals surface area contributed by atoms with Gasteiger partial charge in [-0.25, -0.2) is 0 Å². The zero-order valence-corrected chi connectivity index (χ0v) is 14.3. The Balaban J connectivity index is 1.62. The van der Waals surface area contributed by atoms with Gasteiger partial charge in [0.15, 0.2) is 5.76 Å². The molecule has 3 rings (SSSR count).